The molecule has 0 bridgehead atoms. The van der Waals surface area contributed by atoms with Gasteiger partial charge in [-0.2, -0.15) is 10.0 Å². The number of benzene rings is 2. The number of hydrogen-bond donors (Lipinski definition) is 1. The smallest absolute Gasteiger partial charge is 0.283 e. The zero-order valence-corrected chi connectivity index (χ0v) is 20.8. The van der Waals surface area contributed by atoms with Crippen LogP contribution in [0, 0.1) is 5.41 Å². The number of nitrogens with zero attached hydrogens (tertiary/aromatic N) is 3. The van der Waals surface area contributed by atoms with Gasteiger partial charge in [-0.1, -0.05) is 35.3 Å². The maximum absolute atomic E-state index is 12.5. The Kier molecular flexibility index (Phi) is 6.72. The molecule has 1 amide bonds. The summed E-state index contributed by atoms with van der Waals surface area (Å²) >= 11 is 12.8. The number of methoxy groups -OCH3 is 1. The highest BCUT2D eigenvalue weighted by molar-refractivity contribution is 8.42. The summed E-state index contributed by atoms with van der Waals surface area (Å²) in [6, 6.07) is 10.1. The molecule has 0 unspecified atom stereocenters. The lowest BCUT2D eigenvalue weighted by atomic mass is 10.1. The van der Waals surface area contributed by atoms with Crippen molar-refractivity contribution in [2.24, 2.45) is 10.1 Å². The van der Waals surface area contributed by atoms with E-state index >= 15 is 0 Å². The van der Waals surface area contributed by atoms with Crippen molar-refractivity contribution in [3.8, 4) is 11.5 Å². The van der Waals surface area contributed by atoms with Gasteiger partial charge in [-0.05, 0) is 47.7 Å². The second kappa shape index (κ2) is 9.41. The highest BCUT2D eigenvalue weighted by Crippen LogP contribution is 2.33. The van der Waals surface area contributed by atoms with Crippen molar-refractivity contribution < 1.29 is 22.7 Å². The summed E-state index contributed by atoms with van der Waals surface area (Å²) in [6.07, 6.45) is 2.45. The van der Waals surface area contributed by atoms with E-state index in [4.69, 9.17) is 38.1 Å². The van der Waals surface area contributed by atoms with Crippen LogP contribution < -0.4 is 9.47 Å². The van der Waals surface area contributed by atoms with E-state index in [1.807, 2.05) is 0 Å². The molecular weight excluding hydrogens is 523 g/mol. The number of carbonyl (C=O) groups is 1. The van der Waals surface area contributed by atoms with Gasteiger partial charge in [-0.3, -0.25) is 10.2 Å². The van der Waals surface area contributed by atoms with Crippen molar-refractivity contribution in [1.29, 1.82) is 5.41 Å². The summed E-state index contributed by atoms with van der Waals surface area (Å²) in [6.45, 7) is 0.181. The van der Waals surface area contributed by atoms with Gasteiger partial charge in [0.05, 0.1) is 12.7 Å². The fourth-order valence-corrected chi connectivity index (χ4v) is 5.13. The number of aliphatic imine (C=N–C) groups is 1. The van der Waals surface area contributed by atoms with Gasteiger partial charge in [0.1, 0.15) is 6.61 Å². The van der Waals surface area contributed by atoms with Gasteiger partial charge in [0.25, 0.3) is 5.91 Å². The summed E-state index contributed by atoms with van der Waals surface area (Å²) in [4.78, 5) is 16.4. The third-order valence-electron chi connectivity index (χ3n) is 4.65. The predicted octanol–water partition coefficient (Wildman–Crippen LogP) is 4.20. The number of fused-ring (bicyclic) bond motifs is 1. The van der Waals surface area contributed by atoms with Crippen LogP contribution in [0.2, 0.25) is 10.0 Å². The molecule has 0 radical (unpaired) electrons. The molecule has 2 heterocycles. The van der Waals surface area contributed by atoms with Gasteiger partial charge in [0.15, 0.2) is 17.3 Å². The van der Waals surface area contributed by atoms with Crippen molar-refractivity contribution in [2.45, 2.75) is 6.61 Å². The topological polar surface area (TPSA) is 121 Å². The van der Waals surface area contributed by atoms with Crippen LogP contribution in [0.1, 0.15) is 11.1 Å². The normalized spacial score (nSPS) is 16.9. The fraction of sp³-hybridized carbons (Fsp3) is 0.143. The summed E-state index contributed by atoms with van der Waals surface area (Å²) < 4.78 is 34.6. The number of carbonyl (C=O) groups excluding carboxylic acids is 1. The van der Waals surface area contributed by atoms with Gasteiger partial charge in [0.2, 0.25) is 19.4 Å². The van der Waals surface area contributed by atoms with Crippen LogP contribution in [0.4, 0.5) is 0 Å². The Morgan fingerprint density at radius 2 is 1.94 bits per heavy atom. The number of thioether (sulfide) groups is 1. The molecule has 0 atom stereocenters. The van der Waals surface area contributed by atoms with E-state index in [-0.39, 0.29) is 27.6 Å². The Labute approximate surface area is 209 Å². The minimum absolute atomic E-state index is 0.0229. The number of hydrogen-bond acceptors (Lipinski definition) is 8. The van der Waals surface area contributed by atoms with Gasteiger partial charge in [0, 0.05) is 21.9 Å². The number of amides is 1. The number of nitrogens with one attached hydrogen (secondary N) is 1. The van der Waals surface area contributed by atoms with Gasteiger partial charge < -0.3 is 9.47 Å². The zero-order chi connectivity index (χ0) is 24.6. The fourth-order valence-electron chi connectivity index (χ4n) is 2.98. The molecule has 0 fully saturated rings. The lowest BCUT2D eigenvalue weighted by molar-refractivity contribution is -0.114. The molecular formula is C21H16Cl2N4O5S2. The lowest BCUT2D eigenvalue weighted by Gasteiger charge is -2.20. The van der Waals surface area contributed by atoms with Gasteiger partial charge in [-0.25, -0.2) is 8.42 Å². The van der Waals surface area contributed by atoms with E-state index in [2.05, 4.69) is 10.1 Å². The second-order valence-corrected chi connectivity index (χ2v) is 11.1. The monoisotopic (exact) mass is 538 g/mol. The van der Waals surface area contributed by atoms with Crippen LogP contribution in [0.3, 0.4) is 0 Å². The summed E-state index contributed by atoms with van der Waals surface area (Å²) in [5.41, 5.74) is 1.23. The second-order valence-electron chi connectivity index (χ2n) is 7.09. The molecule has 9 nitrogen and oxygen atoms in total. The predicted molar refractivity (Wildman–Crippen MR) is 134 cm³/mol. The number of rotatable bonds is 5. The Bertz CT molecular complexity index is 1420. The molecule has 0 aliphatic carbocycles. The van der Waals surface area contributed by atoms with Gasteiger partial charge >= 0.3 is 0 Å². The first-order chi connectivity index (χ1) is 16.1. The van der Waals surface area contributed by atoms with E-state index < -0.39 is 15.7 Å². The first-order valence-electron chi connectivity index (χ1n) is 9.52. The molecule has 2 aliphatic rings. The third kappa shape index (κ3) is 4.97. The van der Waals surface area contributed by atoms with Crippen molar-refractivity contribution >= 4 is 72.2 Å². The Morgan fingerprint density at radius 1 is 1.18 bits per heavy atom. The van der Waals surface area contributed by atoms with Gasteiger partial charge in [-0.15, -0.1) is 5.10 Å². The molecule has 2 aromatic carbocycles. The largest absolute Gasteiger partial charge is 0.493 e. The maximum atomic E-state index is 12.5. The minimum atomic E-state index is -3.60. The quantitative estimate of drug-likeness (QED) is 0.566. The average Bonchev–Trinajstić information content (AvgIpc) is 3.21. The Hall–Kier alpha value is -2.86. The summed E-state index contributed by atoms with van der Waals surface area (Å²) in [7, 11) is -2.13. The SMILES string of the molecule is COc1cc(/C=C2/C(=N)N3N=C(S(C)(=O)=O)SC3=NC2=O)ccc1OCc1ccc(Cl)cc1Cl. The van der Waals surface area contributed by atoms with E-state index in [0.29, 0.717) is 27.1 Å². The third-order valence-corrected chi connectivity index (χ3v) is 7.81. The van der Waals surface area contributed by atoms with Crippen molar-refractivity contribution in [3.05, 3.63) is 63.1 Å². The number of halogens is 2. The molecule has 2 aliphatic heterocycles. The average molecular weight is 539 g/mol. The van der Waals surface area contributed by atoms with Crippen molar-refractivity contribution in [3.63, 3.8) is 0 Å². The molecule has 34 heavy (non-hydrogen) atoms. The first kappa shape index (κ1) is 24.3. The molecule has 0 saturated carbocycles. The van der Waals surface area contributed by atoms with E-state index in [1.165, 1.54) is 13.2 Å². The Balaban J connectivity index is 1.58. The highest BCUT2D eigenvalue weighted by atomic mass is 35.5. The minimum Gasteiger partial charge on any atom is -0.493 e. The first-order valence-corrected chi connectivity index (χ1v) is 13.0. The zero-order valence-electron chi connectivity index (χ0n) is 17.7. The maximum Gasteiger partial charge on any atom is 0.283 e. The molecule has 176 valence electrons. The van der Waals surface area contributed by atoms with Crippen LogP contribution in [0.25, 0.3) is 6.08 Å². The lowest BCUT2D eigenvalue weighted by Crippen LogP contribution is -2.35. The van der Waals surface area contributed by atoms with Crippen LogP contribution in [0.15, 0.2) is 52.1 Å². The van der Waals surface area contributed by atoms with E-state index in [0.717, 1.165) is 28.6 Å². The molecule has 2 aromatic rings. The van der Waals surface area contributed by atoms with Crippen molar-refractivity contribution in [1.82, 2.24) is 5.01 Å². The number of ether oxygens (including phenoxy) is 2. The standard InChI is InChI=1S/C21H16Cl2N4O5S2/c1-31-17-8-11(3-6-16(17)32-10-12-4-5-13(22)9-15(12)23)7-14-18(24)27-20(25-19(14)28)33-21(26-27)34(2,29)30/h3-9,24H,10H2,1-2H3/b14-7-,24-18?. The van der Waals surface area contributed by atoms with Crippen molar-refractivity contribution in [2.75, 3.05) is 13.4 Å². The molecule has 0 saturated heterocycles. The molecule has 0 spiro atoms. The number of hydrazone groups is 1. The molecule has 0 aromatic heterocycles. The van der Waals surface area contributed by atoms with E-state index in [1.54, 1.807) is 36.4 Å². The Morgan fingerprint density at radius 3 is 2.62 bits per heavy atom. The highest BCUT2D eigenvalue weighted by Gasteiger charge is 2.38. The number of amidine groups is 2. The number of sulfone groups is 1. The summed E-state index contributed by atoms with van der Waals surface area (Å²) in [5.74, 6) is -0.116. The molecule has 1 N–H and O–H groups in total. The van der Waals surface area contributed by atoms with Crippen LogP contribution in [-0.4, -0.2) is 48.1 Å². The molecule has 13 heteroatoms. The summed E-state index contributed by atoms with van der Waals surface area (Å²) in [5, 5.41) is 14.3. The van der Waals surface area contributed by atoms with Crippen LogP contribution in [0.5, 0.6) is 11.5 Å². The van der Waals surface area contributed by atoms with Crippen LogP contribution >= 0.6 is 35.0 Å². The van der Waals surface area contributed by atoms with Crippen LogP contribution in [-0.2, 0) is 21.2 Å². The van der Waals surface area contributed by atoms with E-state index in [9.17, 15) is 13.2 Å². The molecule has 4 rings (SSSR count).